The molecule has 0 saturated heterocycles. The maximum absolute atomic E-state index is 11.3. The first kappa shape index (κ1) is 15.4. The summed E-state index contributed by atoms with van der Waals surface area (Å²) in [6.45, 7) is 1.09. The molecule has 0 aliphatic carbocycles. The van der Waals surface area contributed by atoms with Crippen molar-refractivity contribution in [3.8, 4) is 0 Å². The van der Waals surface area contributed by atoms with E-state index >= 15 is 0 Å². The van der Waals surface area contributed by atoms with Crippen molar-refractivity contribution in [2.24, 2.45) is 0 Å². The van der Waals surface area contributed by atoms with Gasteiger partial charge in [-0.15, -0.1) is 0 Å². The van der Waals surface area contributed by atoms with Gasteiger partial charge in [0.15, 0.2) is 9.84 Å². The van der Waals surface area contributed by atoms with Crippen molar-refractivity contribution in [3.05, 3.63) is 0 Å². The van der Waals surface area contributed by atoms with Crippen molar-refractivity contribution < 1.29 is 33.0 Å². The number of sulfone groups is 1. The molecule has 98 valence electrons. The molecule has 0 radical (unpaired) electrons. The zero-order valence-corrected chi connectivity index (χ0v) is 10.0. The molecule has 3 N–H and O–H groups in total. The summed E-state index contributed by atoms with van der Waals surface area (Å²) >= 11 is 0. The lowest BCUT2D eigenvalue weighted by atomic mass is 10.2. The van der Waals surface area contributed by atoms with Gasteiger partial charge in [-0.1, -0.05) is 0 Å². The Bertz CT molecular complexity index is 427. The molecule has 0 saturated carbocycles. The number of hydrogen-bond acceptors (Lipinski definition) is 5. The van der Waals surface area contributed by atoms with Crippen LogP contribution in [0.15, 0.2) is 0 Å². The van der Waals surface area contributed by atoms with Gasteiger partial charge in [-0.3, -0.25) is 9.59 Å². The maximum atomic E-state index is 11.3. The second-order valence-corrected chi connectivity index (χ2v) is 5.84. The van der Waals surface area contributed by atoms with E-state index in [1.165, 1.54) is 0 Å². The molecule has 1 amide bonds. The Morgan fingerprint density at radius 3 is 2.00 bits per heavy atom. The fourth-order valence-electron chi connectivity index (χ4n) is 0.858. The molecule has 8 nitrogen and oxygen atoms in total. The normalized spacial score (nSPS) is 14.7. The van der Waals surface area contributed by atoms with E-state index in [4.69, 9.17) is 10.2 Å². The van der Waals surface area contributed by atoms with E-state index in [1.807, 2.05) is 5.32 Å². The first-order valence-electron chi connectivity index (χ1n) is 4.49. The number of amides is 1. The summed E-state index contributed by atoms with van der Waals surface area (Å²) in [7, 11) is -3.65. The number of hydrogen-bond donors (Lipinski definition) is 3. The van der Waals surface area contributed by atoms with Gasteiger partial charge in [0.1, 0.15) is 11.3 Å². The van der Waals surface area contributed by atoms with Crippen LogP contribution in [0.3, 0.4) is 0 Å². The van der Waals surface area contributed by atoms with Gasteiger partial charge in [-0.05, 0) is 6.92 Å². The van der Waals surface area contributed by atoms with Crippen LogP contribution in [-0.2, 0) is 24.2 Å². The second kappa shape index (κ2) is 5.62. The lowest BCUT2D eigenvalue weighted by molar-refractivity contribution is -0.147. The Morgan fingerprint density at radius 1 is 1.24 bits per heavy atom. The fraction of sp³-hybridized carbons (Fsp3) is 0.625. The number of carbonyl (C=O) groups excluding carboxylic acids is 1. The van der Waals surface area contributed by atoms with Gasteiger partial charge < -0.3 is 15.5 Å². The summed E-state index contributed by atoms with van der Waals surface area (Å²) < 4.78 is 22.0. The predicted octanol–water partition coefficient (Wildman–Crippen LogP) is -1.54. The fourth-order valence-corrected chi connectivity index (χ4v) is 1.32. The van der Waals surface area contributed by atoms with Gasteiger partial charge >= 0.3 is 11.9 Å². The minimum Gasteiger partial charge on any atom is -0.481 e. The smallest absolute Gasteiger partial charge is 0.326 e. The quantitative estimate of drug-likeness (QED) is 0.530. The van der Waals surface area contributed by atoms with Gasteiger partial charge in [0.2, 0.25) is 5.91 Å². The highest BCUT2D eigenvalue weighted by atomic mass is 32.2. The molecule has 0 aliphatic rings. The van der Waals surface area contributed by atoms with Crippen molar-refractivity contribution in [2.45, 2.75) is 24.6 Å². The number of carboxylic acid groups (broad SMARTS) is 2. The Kier molecular flexibility index (Phi) is 5.08. The molecule has 17 heavy (non-hydrogen) atoms. The van der Waals surface area contributed by atoms with Crippen molar-refractivity contribution in [2.75, 3.05) is 6.26 Å². The van der Waals surface area contributed by atoms with E-state index in [0.29, 0.717) is 0 Å². The van der Waals surface area contributed by atoms with Crippen molar-refractivity contribution >= 4 is 27.7 Å². The summed E-state index contributed by atoms with van der Waals surface area (Å²) in [6, 6.07) is -1.65. The van der Waals surface area contributed by atoms with Crippen molar-refractivity contribution in [1.29, 1.82) is 0 Å². The molecule has 0 heterocycles. The van der Waals surface area contributed by atoms with E-state index < -0.39 is 45.4 Å². The Balaban J connectivity index is 4.74. The first-order valence-corrected chi connectivity index (χ1v) is 6.45. The minimum atomic E-state index is -3.65. The van der Waals surface area contributed by atoms with E-state index in [0.717, 1.165) is 13.2 Å². The van der Waals surface area contributed by atoms with E-state index in [9.17, 15) is 22.8 Å². The highest BCUT2D eigenvalue weighted by molar-refractivity contribution is 7.92. The SMILES string of the molecule is CC(C(=O)NC(CC(=O)O)C(=O)O)S(C)(=O)=O. The largest absolute Gasteiger partial charge is 0.481 e. The molecule has 0 aromatic rings. The predicted molar refractivity (Wildman–Crippen MR) is 56.1 cm³/mol. The van der Waals surface area contributed by atoms with E-state index in [2.05, 4.69) is 0 Å². The molecule has 0 aromatic heterocycles. The summed E-state index contributed by atoms with van der Waals surface area (Å²) in [5, 5.41) is 17.5. The van der Waals surface area contributed by atoms with Crippen LogP contribution in [0.1, 0.15) is 13.3 Å². The van der Waals surface area contributed by atoms with Gasteiger partial charge in [0.05, 0.1) is 6.42 Å². The second-order valence-electron chi connectivity index (χ2n) is 3.47. The Labute approximate surface area is 97.5 Å². The molecule has 0 rings (SSSR count). The average molecular weight is 267 g/mol. The van der Waals surface area contributed by atoms with Gasteiger partial charge in [-0.25, -0.2) is 13.2 Å². The van der Waals surface area contributed by atoms with Gasteiger partial charge in [0.25, 0.3) is 0 Å². The lowest BCUT2D eigenvalue weighted by Gasteiger charge is -2.15. The lowest BCUT2D eigenvalue weighted by Crippen LogP contribution is -2.47. The highest BCUT2D eigenvalue weighted by Crippen LogP contribution is 2.00. The molecule has 0 aliphatic heterocycles. The molecule has 0 spiro atoms. The third kappa shape index (κ3) is 5.29. The number of rotatable bonds is 6. The van der Waals surface area contributed by atoms with E-state index in [-0.39, 0.29) is 0 Å². The third-order valence-electron chi connectivity index (χ3n) is 2.00. The minimum absolute atomic E-state index is 0.822. The van der Waals surface area contributed by atoms with Crippen LogP contribution in [-0.4, -0.2) is 54.0 Å². The first-order chi connectivity index (χ1) is 7.55. The molecule has 2 unspecified atom stereocenters. The molecule has 0 bridgehead atoms. The number of nitrogens with one attached hydrogen (secondary N) is 1. The molecule has 0 fully saturated rings. The maximum Gasteiger partial charge on any atom is 0.326 e. The summed E-state index contributed by atoms with van der Waals surface area (Å²) in [6.07, 6.45) is 0.00176. The summed E-state index contributed by atoms with van der Waals surface area (Å²) in [5.74, 6) is -3.99. The summed E-state index contributed by atoms with van der Waals surface area (Å²) in [5.41, 5.74) is 0. The van der Waals surface area contributed by atoms with Crippen LogP contribution in [0.4, 0.5) is 0 Å². The number of aliphatic carboxylic acids is 2. The monoisotopic (exact) mass is 267 g/mol. The third-order valence-corrected chi connectivity index (χ3v) is 3.50. The summed E-state index contributed by atoms with van der Waals surface area (Å²) in [4.78, 5) is 32.3. The molecular formula is C8H13NO7S. The Hall–Kier alpha value is -1.64. The van der Waals surface area contributed by atoms with Crippen molar-refractivity contribution in [3.63, 3.8) is 0 Å². The highest BCUT2D eigenvalue weighted by Gasteiger charge is 2.29. The Morgan fingerprint density at radius 2 is 1.71 bits per heavy atom. The average Bonchev–Trinajstić information content (AvgIpc) is 2.13. The van der Waals surface area contributed by atoms with Gasteiger partial charge in [-0.2, -0.15) is 0 Å². The topological polar surface area (TPSA) is 138 Å². The zero-order valence-electron chi connectivity index (χ0n) is 9.21. The van der Waals surface area contributed by atoms with Crippen LogP contribution in [0.2, 0.25) is 0 Å². The number of carboxylic acids is 2. The number of carbonyl (C=O) groups is 3. The van der Waals surface area contributed by atoms with Crippen LogP contribution in [0, 0.1) is 0 Å². The standard InChI is InChI=1S/C8H13NO7S/c1-4(17(2,15)16)7(12)9-5(8(13)14)3-6(10)11/h4-5H,3H2,1-2H3,(H,9,12)(H,10,11)(H,13,14). The zero-order chi connectivity index (χ0) is 13.8. The van der Waals surface area contributed by atoms with Crippen LogP contribution >= 0.6 is 0 Å². The molecule has 2 atom stereocenters. The van der Waals surface area contributed by atoms with Crippen LogP contribution in [0.5, 0.6) is 0 Å². The van der Waals surface area contributed by atoms with Crippen molar-refractivity contribution in [1.82, 2.24) is 5.32 Å². The van der Waals surface area contributed by atoms with Crippen LogP contribution in [0.25, 0.3) is 0 Å². The molecule has 9 heteroatoms. The molecular weight excluding hydrogens is 254 g/mol. The van der Waals surface area contributed by atoms with Crippen LogP contribution < -0.4 is 5.32 Å². The van der Waals surface area contributed by atoms with Gasteiger partial charge in [0, 0.05) is 6.26 Å². The van der Waals surface area contributed by atoms with E-state index in [1.54, 1.807) is 0 Å². The molecule has 0 aromatic carbocycles.